The highest BCUT2D eigenvalue weighted by atomic mass is 16.2. The summed E-state index contributed by atoms with van der Waals surface area (Å²) in [5, 5.41) is 13.0. The zero-order valence-electron chi connectivity index (χ0n) is 11.4. The first-order valence-electron chi connectivity index (χ1n) is 6.83. The second-order valence-corrected chi connectivity index (χ2v) is 5.17. The van der Waals surface area contributed by atoms with Gasteiger partial charge in [-0.25, -0.2) is 0 Å². The first kappa shape index (κ1) is 12.9. The molecule has 0 fully saturated rings. The molecule has 20 heavy (non-hydrogen) atoms. The minimum atomic E-state index is -0.167. The van der Waals surface area contributed by atoms with E-state index in [0.29, 0.717) is 0 Å². The Labute approximate surface area is 117 Å². The van der Waals surface area contributed by atoms with Crippen LogP contribution in [0.25, 0.3) is 0 Å². The van der Waals surface area contributed by atoms with E-state index >= 15 is 0 Å². The summed E-state index contributed by atoms with van der Waals surface area (Å²) in [7, 11) is 0. The second-order valence-electron chi connectivity index (χ2n) is 5.17. The van der Waals surface area contributed by atoms with Crippen molar-refractivity contribution in [1.29, 1.82) is 0 Å². The Morgan fingerprint density at radius 1 is 1.40 bits per heavy atom. The van der Waals surface area contributed by atoms with Gasteiger partial charge in [0.2, 0.25) is 5.91 Å². The summed E-state index contributed by atoms with van der Waals surface area (Å²) >= 11 is 0. The highest BCUT2D eigenvalue weighted by molar-refractivity contribution is 5.82. The Balaban J connectivity index is 1.64. The number of carbonyl (C=O) groups is 1. The first-order valence-corrected chi connectivity index (χ1v) is 6.83. The van der Waals surface area contributed by atoms with Crippen LogP contribution in [0.1, 0.15) is 29.7 Å². The molecule has 3 N–H and O–H groups in total. The van der Waals surface area contributed by atoms with Gasteiger partial charge in [-0.2, -0.15) is 5.10 Å². The van der Waals surface area contributed by atoms with E-state index in [1.54, 1.807) is 12.4 Å². The van der Waals surface area contributed by atoms with Crippen molar-refractivity contribution in [2.75, 3.05) is 0 Å². The molecule has 5 heteroatoms. The van der Waals surface area contributed by atoms with Gasteiger partial charge in [0.05, 0.1) is 18.3 Å². The molecule has 0 radical (unpaired) electrons. The third-order valence-corrected chi connectivity index (χ3v) is 3.78. The van der Waals surface area contributed by atoms with Gasteiger partial charge in [0.15, 0.2) is 0 Å². The minimum absolute atomic E-state index is 0.0354. The van der Waals surface area contributed by atoms with Crippen LogP contribution >= 0.6 is 0 Å². The number of rotatable bonds is 3. The number of amides is 1. The van der Waals surface area contributed by atoms with Crippen molar-refractivity contribution in [1.82, 2.24) is 20.8 Å². The standard InChI is InChI=1S/C15H18N4O/c1-10(13-8-17-18-9-13)19-15(20)14-6-11-4-2-3-5-12(11)7-16-14/h2-5,8-10,14,16H,6-7H2,1H3,(H,17,18)(H,19,20)/t10?,14-/m1/s1. The smallest absolute Gasteiger partial charge is 0.237 e. The molecule has 1 aliphatic heterocycles. The van der Waals surface area contributed by atoms with Gasteiger partial charge in [0.25, 0.3) is 0 Å². The number of nitrogens with zero attached hydrogens (tertiary/aromatic N) is 1. The quantitative estimate of drug-likeness (QED) is 0.787. The van der Waals surface area contributed by atoms with Crippen molar-refractivity contribution in [3.8, 4) is 0 Å². The molecule has 2 aromatic rings. The first-order chi connectivity index (χ1) is 9.74. The normalized spacial score (nSPS) is 19.1. The van der Waals surface area contributed by atoms with E-state index in [-0.39, 0.29) is 18.0 Å². The molecular weight excluding hydrogens is 252 g/mol. The van der Waals surface area contributed by atoms with Gasteiger partial charge >= 0.3 is 0 Å². The molecule has 1 aromatic carbocycles. The number of hydrogen-bond donors (Lipinski definition) is 3. The summed E-state index contributed by atoms with van der Waals surface area (Å²) in [6.07, 6.45) is 4.27. The number of carbonyl (C=O) groups excluding carboxylic acids is 1. The maximum Gasteiger partial charge on any atom is 0.237 e. The molecule has 1 unspecified atom stereocenters. The number of H-pyrrole nitrogens is 1. The molecule has 3 rings (SSSR count). The molecule has 1 aromatic heterocycles. The highest BCUT2D eigenvalue weighted by Crippen LogP contribution is 2.17. The van der Waals surface area contributed by atoms with Crippen LogP contribution in [-0.2, 0) is 17.8 Å². The maximum atomic E-state index is 12.3. The van der Waals surface area contributed by atoms with E-state index in [1.165, 1.54) is 11.1 Å². The van der Waals surface area contributed by atoms with Gasteiger partial charge in [0.1, 0.15) is 0 Å². The Kier molecular flexibility index (Phi) is 3.52. The van der Waals surface area contributed by atoms with Crippen molar-refractivity contribution in [2.24, 2.45) is 0 Å². The Bertz CT molecular complexity index is 594. The lowest BCUT2D eigenvalue weighted by molar-refractivity contribution is -0.124. The number of aromatic nitrogens is 2. The van der Waals surface area contributed by atoms with Crippen molar-refractivity contribution in [2.45, 2.75) is 32.0 Å². The summed E-state index contributed by atoms with van der Waals surface area (Å²) in [5.74, 6) is 0.0354. The van der Waals surface area contributed by atoms with Gasteiger partial charge in [-0.3, -0.25) is 9.89 Å². The van der Waals surface area contributed by atoms with Crippen LogP contribution in [-0.4, -0.2) is 22.1 Å². The average molecular weight is 270 g/mol. The zero-order valence-corrected chi connectivity index (χ0v) is 11.4. The third-order valence-electron chi connectivity index (χ3n) is 3.78. The Hall–Kier alpha value is -2.14. The SMILES string of the molecule is CC(NC(=O)[C@H]1Cc2ccccc2CN1)c1cn[nH]c1. The zero-order chi connectivity index (χ0) is 13.9. The lowest BCUT2D eigenvalue weighted by atomic mass is 9.95. The van der Waals surface area contributed by atoms with Crippen molar-refractivity contribution in [3.63, 3.8) is 0 Å². The summed E-state index contributed by atoms with van der Waals surface area (Å²) in [6, 6.07) is 8.04. The van der Waals surface area contributed by atoms with Crippen LogP contribution in [0.5, 0.6) is 0 Å². The van der Waals surface area contributed by atoms with E-state index in [1.807, 2.05) is 19.1 Å². The molecule has 1 aliphatic rings. The summed E-state index contributed by atoms with van der Waals surface area (Å²) in [5.41, 5.74) is 3.51. The molecule has 0 bridgehead atoms. The van der Waals surface area contributed by atoms with E-state index in [0.717, 1.165) is 18.5 Å². The largest absolute Gasteiger partial charge is 0.348 e. The number of benzene rings is 1. The molecular formula is C15H18N4O. The topological polar surface area (TPSA) is 69.8 Å². The van der Waals surface area contributed by atoms with Crippen molar-refractivity contribution in [3.05, 3.63) is 53.3 Å². The molecule has 0 aliphatic carbocycles. The van der Waals surface area contributed by atoms with Crippen LogP contribution in [0.15, 0.2) is 36.7 Å². The fourth-order valence-corrected chi connectivity index (χ4v) is 2.53. The summed E-state index contributed by atoms with van der Waals surface area (Å²) in [6.45, 7) is 2.70. The lowest BCUT2D eigenvalue weighted by Gasteiger charge is -2.26. The monoisotopic (exact) mass is 270 g/mol. The van der Waals surface area contributed by atoms with Crippen LogP contribution < -0.4 is 10.6 Å². The molecule has 0 saturated carbocycles. The fraction of sp³-hybridized carbons (Fsp3) is 0.333. The third kappa shape index (κ3) is 2.58. The van der Waals surface area contributed by atoms with Crippen molar-refractivity contribution < 1.29 is 4.79 Å². The van der Waals surface area contributed by atoms with Gasteiger partial charge in [-0.15, -0.1) is 0 Å². The van der Waals surface area contributed by atoms with Gasteiger partial charge in [0, 0.05) is 18.3 Å². The van der Waals surface area contributed by atoms with Gasteiger partial charge < -0.3 is 10.6 Å². The van der Waals surface area contributed by atoms with E-state index < -0.39 is 0 Å². The Morgan fingerprint density at radius 3 is 2.95 bits per heavy atom. The molecule has 5 nitrogen and oxygen atoms in total. The van der Waals surface area contributed by atoms with Crippen molar-refractivity contribution >= 4 is 5.91 Å². The van der Waals surface area contributed by atoms with Gasteiger partial charge in [-0.05, 0) is 24.5 Å². The predicted molar refractivity (Wildman–Crippen MR) is 75.9 cm³/mol. The predicted octanol–water partition coefficient (Wildman–Crippen LogP) is 1.30. The molecule has 104 valence electrons. The average Bonchev–Trinajstić information content (AvgIpc) is 3.01. The van der Waals surface area contributed by atoms with Crippen LogP contribution in [0.4, 0.5) is 0 Å². The molecule has 2 heterocycles. The Morgan fingerprint density at radius 2 is 2.20 bits per heavy atom. The number of aromatic amines is 1. The molecule has 0 spiro atoms. The van der Waals surface area contributed by atoms with Crippen LogP contribution in [0.2, 0.25) is 0 Å². The highest BCUT2D eigenvalue weighted by Gasteiger charge is 2.25. The minimum Gasteiger partial charge on any atom is -0.348 e. The summed E-state index contributed by atoms with van der Waals surface area (Å²) < 4.78 is 0. The van der Waals surface area contributed by atoms with E-state index in [4.69, 9.17) is 0 Å². The van der Waals surface area contributed by atoms with E-state index in [9.17, 15) is 4.79 Å². The summed E-state index contributed by atoms with van der Waals surface area (Å²) in [4.78, 5) is 12.3. The van der Waals surface area contributed by atoms with E-state index in [2.05, 4.69) is 33.0 Å². The number of hydrogen-bond acceptors (Lipinski definition) is 3. The van der Waals surface area contributed by atoms with Crippen LogP contribution in [0.3, 0.4) is 0 Å². The fourth-order valence-electron chi connectivity index (χ4n) is 2.53. The number of nitrogens with one attached hydrogen (secondary N) is 3. The maximum absolute atomic E-state index is 12.3. The second kappa shape index (κ2) is 5.46. The molecule has 1 amide bonds. The molecule has 0 saturated heterocycles. The molecule has 2 atom stereocenters. The van der Waals surface area contributed by atoms with Gasteiger partial charge in [-0.1, -0.05) is 24.3 Å². The van der Waals surface area contributed by atoms with Crippen LogP contribution in [0, 0.1) is 0 Å². The lowest BCUT2D eigenvalue weighted by Crippen LogP contribution is -2.48. The number of fused-ring (bicyclic) bond motifs is 1.